The molecule has 6 nitrogen and oxygen atoms in total. The van der Waals surface area contributed by atoms with Crippen molar-refractivity contribution in [3.05, 3.63) is 46.4 Å². The topological polar surface area (TPSA) is 60.8 Å². The minimum Gasteiger partial charge on any atom is -0.365 e. The normalized spacial score (nSPS) is 18.7. The smallest absolute Gasteiger partial charge is 0.254 e. The molecular formula is C23H33N5O. The van der Waals surface area contributed by atoms with E-state index >= 15 is 0 Å². The van der Waals surface area contributed by atoms with Crippen molar-refractivity contribution in [3.8, 4) is 0 Å². The molecule has 1 saturated heterocycles. The minimum absolute atomic E-state index is 0.0721. The van der Waals surface area contributed by atoms with Gasteiger partial charge in [-0.25, -0.2) is 9.98 Å². The van der Waals surface area contributed by atoms with Crippen molar-refractivity contribution < 1.29 is 4.79 Å². The van der Waals surface area contributed by atoms with Crippen molar-refractivity contribution in [2.75, 3.05) is 31.1 Å². The largest absolute Gasteiger partial charge is 0.365 e. The van der Waals surface area contributed by atoms with Crippen molar-refractivity contribution in [2.24, 2.45) is 4.99 Å². The Bertz CT molecular complexity index is 837. The fraction of sp³-hybridized carbons (Fsp3) is 0.522. The van der Waals surface area contributed by atoms with E-state index in [4.69, 9.17) is 0 Å². The van der Waals surface area contributed by atoms with Gasteiger partial charge in [-0.3, -0.25) is 4.79 Å². The van der Waals surface area contributed by atoms with Gasteiger partial charge in [-0.05, 0) is 65.8 Å². The molecule has 0 radical (unpaired) electrons. The maximum absolute atomic E-state index is 13.4. The molecule has 156 valence electrons. The second-order valence-electron chi connectivity index (χ2n) is 8.67. The summed E-state index contributed by atoms with van der Waals surface area (Å²) in [7, 11) is 0. The molecule has 6 heteroatoms. The Kier molecular flexibility index (Phi) is 6.10. The number of aliphatic imine (C=N–C) groups is 1. The number of carbonyl (C=O) groups is 1. The van der Waals surface area contributed by atoms with Gasteiger partial charge in [-0.2, -0.15) is 0 Å². The Morgan fingerprint density at radius 3 is 2.31 bits per heavy atom. The van der Waals surface area contributed by atoms with Crippen molar-refractivity contribution >= 4 is 18.4 Å². The number of hydrogen-bond acceptors (Lipinski definition) is 5. The maximum atomic E-state index is 13.4. The highest BCUT2D eigenvalue weighted by Gasteiger charge is 2.38. The van der Waals surface area contributed by atoms with Crippen LogP contribution in [0.15, 0.2) is 45.9 Å². The Morgan fingerprint density at radius 1 is 1.17 bits per heavy atom. The van der Waals surface area contributed by atoms with Crippen LogP contribution >= 0.6 is 0 Å². The zero-order valence-corrected chi connectivity index (χ0v) is 18.4. The van der Waals surface area contributed by atoms with E-state index in [-0.39, 0.29) is 11.4 Å². The predicted molar refractivity (Wildman–Crippen MR) is 119 cm³/mol. The number of pyridine rings is 1. The third-order valence-electron chi connectivity index (χ3n) is 5.81. The van der Waals surface area contributed by atoms with E-state index in [1.165, 1.54) is 0 Å². The summed E-state index contributed by atoms with van der Waals surface area (Å²) in [5.41, 5.74) is 3.85. The number of aromatic nitrogens is 1. The number of carbonyl (C=O) groups excluding carboxylic acids is 1. The standard InChI is InChI=1S/C23H33N5O/c1-16(2)20(18(4)21(24-6)26-23(5)9-10-23)22(29)28-13-11-27(12-14-28)19-8-7-17(3)15-25-19/h7-8,15,26H,6,9-14H2,1-5H3/b21-18-. The second-order valence-corrected chi connectivity index (χ2v) is 8.67. The zero-order chi connectivity index (χ0) is 21.2. The number of hydrogen-bond donors (Lipinski definition) is 1. The lowest BCUT2D eigenvalue weighted by Crippen LogP contribution is -2.49. The first-order chi connectivity index (χ1) is 13.7. The monoisotopic (exact) mass is 395 g/mol. The fourth-order valence-corrected chi connectivity index (χ4v) is 3.66. The number of piperazine rings is 1. The summed E-state index contributed by atoms with van der Waals surface area (Å²) in [5.74, 6) is 1.76. The van der Waals surface area contributed by atoms with Gasteiger partial charge in [0.1, 0.15) is 11.6 Å². The molecule has 1 saturated carbocycles. The van der Waals surface area contributed by atoms with Crippen LogP contribution < -0.4 is 10.2 Å². The number of allylic oxidation sites excluding steroid dienone is 1. The molecule has 0 spiro atoms. The van der Waals surface area contributed by atoms with E-state index in [1.54, 1.807) is 0 Å². The molecule has 1 aliphatic carbocycles. The quantitative estimate of drug-likeness (QED) is 0.455. The van der Waals surface area contributed by atoms with Gasteiger partial charge < -0.3 is 15.1 Å². The Morgan fingerprint density at radius 2 is 1.83 bits per heavy atom. The first-order valence-corrected chi connectivity index (χ1v) is 10.3. The summed E-state index contributed by atoms with van der Waals surface area (Å²) in [5, 5.41) is 3.47. The lowest BCUT2D eigenvalue weighted by Gasteiger charge is -2.36. The molecule has 29 heavy (non-hydrogen) atoms. The fourth-order valence-electron chi connectivity index (χ4n) is 3.66. The van der Waals surface area contributed by atoms with Crippen LogP contribution in [0.3, 0.4) is 0 Å². The molecule has 0 bridgehead atoms. The second kappa shape index (κ2) is 8.39. The number of nitrogens with one attached hydrogen (secondary N) is 1. The highest BCUT2D eigenvalue weighted by atomic mass is 16.2. The Labute approximate surface area is 174 Å². The molecule has 2 fully saturated rings. The van der Waals surface area contributed by atoms with Crippen molar-refractivity contribution in [3.63, 3.8) is 0 Å². The molecule has 2 aliphatic rings. The van der Waals surface area contributed by atoms with E-state index in [0.29, 0.717) is 13.1 Å². The third-order valence-corrected chi connectivity index (χ3v) is 5.81. The van der Waals surface area contributed by atoms with Crippen LogP contribution in [0.25, 0.3) is 0 Å². The van der Waals surface area contributed by atoms with E-state index in [9.17, 15) is 4.79 Å². The molecule has 1 N–H and O–H groups in total. The molecule has 2 heterocycles. The summed E-state index contributed by atoms with van der Waals surface area (Å²) < 4.78 is 0. The molecule has 0 unspecified atom stereocenters. The van der Waals surface area contributed by atoms with Crippen LogP contribution in [-0.2, 0) is 4.79 Å². The summed E-state index contributed by atoms with van der Waals surface area (Å²) in [6.07, 6.45) is 4.12. The van der Waals surface area contributed by atoms with Crippen molar-refractivity contribution in [2.45, 2.75) is 53.0 Å². The maximum Gasteiger partial charge on any atom is 0.254 e. The first kappa shape index (κ1) is 21.1. The van der Waals surface area contributed by atoms with Gasteiger partial charge in [-0.15, -0.1) is 0 Å². The van der Waals surface area contributed by atoms with Gasteiger partial charge >= 0.3 is 0 Å². The zero-order valence-electron chi connectivity index (χ0n) is 18.4. The van der Waals surface area contributed by atoms with Crippen LogP contribution in [0.5, 0.6) is 0 Å². The summed E-state index contributed by atoms with van der Waals surface area (Å²) in [6.45, 7) is 16.8. The van der Waals surface area contributed by atoms with Crippen LogP contribution in [0.2, 0.25) is 0 Å². The predicted octanol–water partition coefficient (Wildman–Crippen LogP) is 3.45. The van der Waals surface area contributed by atoms with Crippen molar-refractivity contribution in [1.82, 2.24) is 15.2 Å². The van der Waals surface area contributed by atoms with Gasteiger partial charge in [0, 0.05) is 49.1 Å². The number of nitrogens with zero attached hydrogens (tertiary/aromatic N) is 4. The van der Waals surface area contributed by atoms with Crippen LogP contribution in [0.4, 0.5) is 5.82 Å². The van der Waals surface area contributed by atoms with E-state index < -0.39 is 0 Å². The molecule has 1 aliphatic heterocycles. The number of rotatable bonds is 6. The highest BCUT2D eigenvalue weighted by Crippen LogP contribution is 2.36. The van der Waals surface area contributed by atoms with Gasteiger partial charge in [0.25, 0.3) is 5.91 Å². The molecule has 0 atom stereocenters. The minimum atomic E-state index is 0.0721. The van der Waals surface area contributed by atoms with Gasteiger partial charge in [0.05, 0.1) is 0 Å². The van der Waals surface area contributed by atoms with Gasteiger partial charge in [0.15, 0.2) is 0 Å². The number of aryl methyl sites for hydroxylation is 1. The Balaban J connectivity index is 1.73. The summed E-state index contributed by atoms with van der Waals surface area (Å²) in [4.78, 5) is 26.3. The van der Waals surface area contributed by atoms with Crippen LogP contribution in [-0.4, -0.2) is 54.2 Å². The van der Waals surface area contributed by atoms with Gasteiger partial charge in [0.2, 0.25) is 0 Å². The average Bonchev–Trinajstić information content (AvgIpc) is 3.43. The number of amides is 1. The summed E-state index contributed by atoms with van der Waals surface area (Å²) in [6, 6.07) is 4.12. The van der Waals surface area contributed by atoms with Crippen LogP contribution in [0, 0.1) is 6.92 Å². The highest BCUT2D eigenvalue weighted by molar-refractivity contribution is 5.98. The molecule has 1 aromatic rings. The Hall–Kier alpha value is -2.63. The average molecular weight is 396 g/mol. The van der Waals surface area contributed by atoms with Crippen LogP contribution in [0.1, 0.15) is 46.1 Å². The van der Waals surface area contributed by atoms with E-state index in [1.807, 2.05) is 44.9 Å². The lowest BCUT2D eigenvalue weighted by atomic mass is 10.0. The SMILES string of the molecule is C=N/C(NC1(C)CC1)=C(\C)C(C(=O)N1CCN(c2ccc(C)cn2)CC1)=C(C)C. The molecule has 0 aromatic carbocycles. The molecular weight excluding hydrogens is 362 g/mol. The number of anilines is 1. The van der Waals surface area contributed by atoms with E-state index in [2.05, 4.69) is 39.9 Å². The molecule has 1 aromatic heterocycles. The first-order valence-electron chi connectivity index (χ1n) is 10.3. The molecule has 1 amide bonds. The lowest BCUT2D eigenvalue weighted by molar-refractivity contribution is -0.127. The van der Waals surface area contributed by atoms with Crippen molar-refractivity contribution in [1.29, 1.82) is 0 Å². The van der Waals surface area contributed by atoms with E-state index in [0.717, 1.165) is 59.9 Å². The van der Waals surface area contributed by atoms with Gasteiger partial charge in [-0.1, -0.05) is 11.6 Å². The third kappa shape index (κ3) is 4.86. The molecule has 3 rings (SSSR count). The summed E-state index contributed by atoms with van der Waals surface area (Å²) >= 11 is 0.